The molecule has 3 heterocycles. The van der Waals surface area contributed by atoms with Crippen LogP contribution in [0.25, 0.3) is 11.0 Å². The standard InChI is InChI=1S/C28H32N4O3S/c1-27(2,3)19-13-16(14-20(24(19)33)28(4,5)6)32-23(25(34)29-26(32)35)18-10-7-11-21-22(18)31(30-21)15-17-9-8-12-36-17/h7-14,23,30,33H,15H2,1-6H3,(H,29,34,35). The lowest BCUT2D eigenvalue weighted by atomic mass is 9.79. The first kappa shape index (κ1) is 24.2. The first-order chi connectivity index (χ1) is 16.9. The summed E-state index contributed by atoms with van der Waals surface area (Å²) in [6, 6.07) is 12.3. The van der Waals surface area contributed by atoms with Crippen LogP contribution in [0.2, 0.25) is 0 Å². The number of carbonyl (C=O) groups excluding carboxylic acids is 2. The molecular weight excluding hydrogens is 472 g/mol. The Morgan fingerprint density at radius 3 is 2.22 bits per heavy atom. The minimum Gasteiger partial charge on any atom is -0.507 e. The monoisotopic (exact) mass is 504 g/mol. The molecule has 4 aromatic rings. The van der Waals surface area contributed by atoms with Crippen molar-refractivity contribution in [2.75, 3.05) is 4.90 Å². The van der Waals surface area contributed by atoms with Gasteiger partial charge in [0.2, 0.25) is 0 Å². The topological polar surface area (TPSA) is 90.4 Å². The van der Waals surface area contributed by atoms with Crippen LogP contribution in [0.4, 0.5) is 10.5 Å². The maximum absolute atomic E-state index is 13.3. The number of benzene rings is 2. The van der Waals surface area contributed by atoms with E-state index in [-0.39, 0.29) is 22.5 Å². The van der Waals surface area contributed by atoms with Gasteiger partial charge in [0.15, 0.2) is 0 Å². The Balaban J connectivity index is 1.67. The zero-order valence-corrected chi connectivity index (χ0v) is 22.3. The summed E-state index contributed by atoms with van der Waals surface area (Å²) in [6.45, 7) is 12.8. The first-order valence-corrected chi connectivity index (χ1v) is 13.0. The Kier molecular flexibility index (Phi) is 5.55. The summed E-state index contributed by atoms with van der Waals surface area (Å²) in [5.74, 6) is -0.129. The van der Waals surface area contributed by atoms with Crippen molar-refractivity contribution >= 4 is 40.0 Å². The van der Waals surface area contributed by atoms with Crippen molar-refractivity contribution in [3.8, 4) is 5.75 Å². The molecule has 3 amide bonds. The number of carbonyl (C=O) groups is 2. The van der Waals surface area contributed by atoms with Gasteiger partial charge in [-0.3, -0.25) is 24.8 Å². The number of para-hydroxylation sites is 1. The van der Waals surface area contributed by atoms with Crippen molar-refractivity contribution in [3.05, 3.63) is 69.4 Å². The second kappa shape index (κ2) is 8.27. The molecule has 1 saturated heterocycles. The van der Waals surface area contributed by atoms with Gasteiger partial charge in [0.25, 0.3) is 5.91 Å². The highest BCUT2D eigenvalue weighted by molar-refractivity contribution is 7.09. The first-order valence-electron chi connectivity index (χ1n) is 12.1. The molecule has 0 aliphatic carbocycles. The molecule has 8 heteroatoms. The molecule has 1 atom stereocenters. The van der Waals surface area contributed by atoms with Crippen molar-refractivity contribution in [1.82, 2.24) is 15.1 Å². The van der Waals surface area contributed by atoms with E-state index in [9.17, 15) is 14.7 Å². The van der Waals surface area contributed by atoms with Crippen LogP contribution in [-0.2, 0) is 22.2 Å². The molecule has 1 aliphatic rings. The maximum Gasteiger partial charge on any atom is 0.329 e. The quantitative estimate of drug-likeness (QED) is 0.290. The minimum absolute atomic E-state index is 0.233. The number of thiophene rings is 1. The molecule has 7 nitrogen and oxygen atoms in total. The summed E-state index contributed by atoms with van der Waals surface area (Å²) >= 11 is 1.67. The summed E-state index contributed by atoms with van der Waals surface area (Å²) in [6.07, 6.45) is 0. The van der Waals surface area contributed by atoms with Crippen LogP contribution in [0.1, 0.15) is 69.2 Å². The number of phenolic OH excluding ortho intramolecular Hbond substituents is 1. The van der Waals surface area contributed by atoms with Gasteiger partial charge in [-0.25, -0.2) is 4.79 Å². The lowest BCUT2D eigenvalue weighted by Crippen LogP contribution is -2.31. The number of aromatic hydroxyl groups is 1. The molecule has 1 aliphatic heterocycles. The zero-order chi connectivity index (χ0) is 26.0. The predicted octanol–water partition coefficient (Wildman–Crippen LogP) is 6.18. The number of imide groups is 1. The van der Waals surface area contributed by atoms with E-state index in [1.54, 1.807) is 11.3 Å². The highest BCUT2D eigenvalue weighted by atomic mass is 32.1. The number of rotatable bonds is 4. The van der Waals surface area contributed by atoms with Gasteiger partial charge in [-0.15, -0.1) is 11.3 Å². The van der Waals surface area contributed by atoms with Crippen LogP contribution in [0, 0.1) is 0 Å². The van der Waals surface area contributed by atoms with Crippen LogP contribution in [0.3, 0.4) is 0 Å². The highest BCUT2D eigenvalue weighted by Gasteiger charge is 2.43. The van der Waals surface area contributed by atoms with Gasteiger partial charge in [-0.1, -0.05) is 59.7 Å². The molecule has 0 bridgehead atoms. The van der Waals surface area contributed by atoms with Crippen molar-refractivity contribution < 1.29 is 14.7 Å². The van der Waals surface area contributed by atoms with E-state index < -0.39 is 12.1 Å². The molecule has 1 unspecified atom stereocenters. The number of hydrogen-bond acceptors (Lipinski definition) is 4. The number of anilines is 1. The molecule has 36 heavy (non-hydrogen) atoms. The number of phenols is 1. The van der Waals surface area contributed by atoms with E-state index in [1.807, 2.05) is 88.0 Å². The highest BCUT2D eigenvalue weighted by Crippen LogP contribution is 2.44. The number of nitrogens with zero attached hydrogens (tertiary/aromatic N) is 2. The van der Waals surface area contributed by atoms with Crippen LogP contribution in [0.5, 0.6) is 5.75 Å². The Labute approximate surface area is 214 Å². The predicted molar refractivity (Wildman–Crippen MR) is 144 cm³/mol. The molecule has 2 aromatic carbocycles. The molecule has 0 saturated carbocycles. The zero-order valence-electron chi connectivity index (χ0n) is 21.5. The lowest BCUT2D eigenvalue weighted by Gasteiger charge is -2.31. The smallest absolute Gasteiger partial charge is 0.329 e. The van der Waals surface area contributed by atoms with Crippen LogP contribution < -0.4 is 10.2 Å². The number of urea groups is 1. The third-order valence-corrected chi connectivity index (χ3v) is 7.59. The number of nitrogens with one attached hydrogen (secondary N) is 2. The van der Waals surface area contributed by atoms with Crippen LogP contribution in [-0.4, -0.2) is 26.8 Å². The van der Waals surface area contributed by atoms with E-state index >= 15 is 0 Å². The van der Waals surface area contributed by atoms with Gasteiger partial charge in [0.1, 0.15) is 11.8 Å². The summed E-state index contributed by atoms with van der Waals surface area (Å²) in [4.78, 5) is 29.2. The van der Waals surface area contributed by atoms with Crippen molar-refractivity contribution in [2.45, 2.75) is 65.0 Å². The summed E-state index contributed by atoms with van der Waals surface area (Å²) in [5, 5.41) is 19.1. The fraction of sp³-hybridized carbons (Fsp3) is 0.357. The molecule has 0 radical (unpaired) electrons. The molecular formula is C28H32N4O3S. The van der Waals surface area contributed by atoms with Gasteiger partial charge < -0.3 is 5.11 Å². The Hall–Kier alpha value is -3.52. The molecule has 3 N–H and O–H groups in total. The van der Waals surface area contributed by atoms with Crippen molar-refractivity contribution in [2.24, 2.45) is 0 Å². The average molecular weight is 505 g/mol. The molecule has 0 spiro atoms. The molecule has 1 fully saturated rings. The molecule has 5 rings (SSSR count). The Bertz CT molecular complexity index is 1430. The van der Waals surface area contributed by atoms with Crippen molar-refractivity contribution in [1.29, 1.82) is 0 Å². The van der Waals surface area contributed by atoms with Crippen molar-refractivity contribution in [3.63, 3.8) is 0 Å². The second-order valence-corrected chi connectivity index (χ2v) is 12.5. The van der Waals surface area contributed by atoms with Gasteiger partial charge in [-0.2, -0.15) is 0 Å². The Morgan fingerprint density at radius 1 is 0.972 bits per heavy atom. The normalized spacial score (nSPS) is 16.8. The van der Waals surface area contributed by atoms with E-state index in [4.69, 9.17) is 0 Å². The molecule has 188 valence electrons. The summed E-state index contributed by atoms with van der Waals surface area (Å²) in [7, 11) is 0. The van der Waals surface area contributed by atoms with E-state index in [1.165, 1.54) is 9.78 Å². The number of H-pyrrole nitrogens is 1. The number of aromatic amines is 1. The Morgan fingerprint density at radius 2 is 1.64 bits per heavy atom. The van der Waals surface area contributed by atoms with Gasteiger partial charge in [0, 0.05) is 27.3 Å². The molecule has 2 aromatic heterocycles. The van der Waals surface area contributed by atoms with E-state index in [0.717, 1.165) is 27.7 Å². The largest absolute Gasteiger partial charge is 0.507 e. The SMILES string of the molecule is CC(C)(C)c1cc(N2C(=O)NC(=O)C2c2cccc3[nH]n(Cc4cccs4)c23)cc(C(C)(C)C)c1O. The van der Waals surface area contributed by atoms with Crippen LogP contribution in [0.15, 0.2) is 47.8 Å². The number of fused-ring (bicyclic) bond motifs is 1. The maximum atomic E-state index is 13.3. The van der Waals surface area contributed by atoms with Gasteiger partial charge in [-0.05, 0) is 40.5 Å². The summed E-state index contributed by atoms with van der Waals surface area (Å²) in [5.41, 5.74) is 3.92. The fourth-order valence-corrected chi connectivity index (χ4v) is 5.61. The van der Waals surface area contributed by atoms with E-state index in [0.29, 0.717) is 12.2 Å². The fourth-order valence-electron chi connectivity index (χ4n) is 4.92. The minimum atomic E-state index is -0.828. The average Bonchev–Trinajstić information content (AvgIpc) is 3.37. The number of aromatic nitrogens is 2. The number of amides is 3. The number of hydrogen-bond donors (Lipinski definition) is 3. The van der Waals surface area contributed by atoms with Gasteiger partial charge >= 0.3 is 6.03 Å². The van der Waals surface area contributed by atoms with Gasteiger partial charge in [0.05, 0.1) is 17.6 Å². The summed E-state index contributed by atoms with van der Waals surface area (Å²) < 4.78 is 2.02. The second-order valence-electron chi connectivity index (χ2n) is 11.5. The third-order valence-electron chi connectivity index (χ3n) is 6.73. The third kappa shape index (κ3) is 3.99. The lowest BCUT2D eigenvalue weighted by molar-refractivity contribution is -0.119. The van der Waals surface area contributed by atoms with E-state index in [2.05, 4.69) is 16.5 Å². The van der Waals surface area contributed by atoms with Crippen LogP contribution >= 0.6 is 11.3 Å².